The van der Waals surface area contributed by atoms with Gasteiger partial charge in [0.05, 0.1) is 31.5 Å². The quantitative estimate of drug-likeness (QED) is 0.162. The lowest BCUT2D eigenvalue weighted by Gasteiger charge is -2.11. The first kappa shape index (κ1) is 26.7. The van der Waals surface area contributed by atoms with Gasteiger partial charge < -0.3 is 23.7 Å². The van der Waals surface area contributed by atoms with Crippen molar-refractivity contribution >= 4 is 23.9 Å². The maximum Gasteiger partial charge on any atom is 0.347 e. The molecule has 0 amide bonds. The van der Waals surface area contributed by atoms with Crippen molar-refractivity contribution in [2.75, 3.05) is 20.3 Å². The van der Waals surface area contributed by atoms with Crippen molar-refractivity contribution in [1.29, 1.82) is 0 Å². The molecule has 0 unspecified atom stereocenters. The van der Waals surface area contributed by atoms with Gasteiger partial charge in [0.25, 0.3) is 0 Å². The summed E-state index contributed by atoms with van der Waals surface area (Å²) in [4.78, 5) is 47.9. The Morgan fingerprint density at radius 2 is 1.35 bits per heavy atom. The lowest BCUT2D eigenvalue weighted by atomic mass is 10.2. The Hall–Kier alpha value is -4.92. The van der Waals surface area contributed by atoms with Gasteiger partial charge in [0.1, 0.15) is 22.8 Å². The molecule has 0 aliphatic rings. The second-order valence-electron chi connectivity index (χ2n) is 7.39. The highest BCUT2D eigenvalue weighted by molar-refractivity contribution is 5.97. The van der Waals surface area contributed by atoms with Crippen LogP contribution in [0.3, 0.4) is 0 Å². The maximum absolute atomic E-state index is 12.7. The first-order chi connectivity index (χ1) is 17.9. The molecule has 0 aliphatic heterocycles. The van der Waals surface area contributed by atoms with Crippen LogP contribution in [0, 0.1) is 0 Å². The summed E-state index contributed by atoms with van der Waals surface area (Å²) < 4.78 is 25.9. The van der Waals surface area contributed by atoms with Crippen LogP contribution in [0.1, 0.15) is 37.5 Å². The van der Waals surface area contributed by atoms with Gasteiger partial charge in [-0.05, 0) is 60.7 Å². The number of carbonyl (C=O) groups is 4. The predicted molar refractivity (Wildman–Crippen MR) is 132 cm³/mol. The minimum absolute atomic E-state index is 0.0260. The molecule has 0 heterocycles. The van der Waals surface area contributed by atoms with Gasteiger partial charge in [-0.1, -0.05) is 18.7 Å². The molecule has 37 heavy (non-hydrogen) atoms. The molecule has 0 spiro atoms. The zero-order valence-corrected chi connectivity index (χ0v) is 20.0. The van der Waals surface area contributed by atoms with Gasteiger partial charge in [0.2, 0.25) is 0 Å². The summed E-state index contributed by atoms with van der Waals surface area (Å²) in [5.74, 6) is -1.67. The van der Waals surface area contributed by atoms with E-state index in [1.807, 2.05) is 0 Å². The van der Waals surface area contributed by atoms with E-state index in [4.69, 9.17) is 18.9 Å². The lowest BCUT2D eigenvalue weighted by Crippen LogP contribution is -2.14. The monoisotopic (exact) mass is 504 g/mol. The van der Waals surface area contributed by atoms with Gasteiger partial charge >= 0.3 is 23.9 Å². The number of ether oxygens (including phenoxy) is 5. The number of hydrogen-bond acceptors (Lipinski definition) is 9. The normalized spacial score (nSPS) is 10.1. The molecule has 3 aromatic carbocycles. The molecule has 0 aliphatic carbocycles. The number of esters is 4. The van der Waals surface area contributed by atoms with Crippen LogP contribution in [-0.4, -0.2) is 44.2 Å². The average Bonchev–Trinajstić information content (AvgIpc) is 2.93. The summed E-state index contributed by atoms with van der Waals surface area (Å²) in [6.07, 6.45) is 1.58. The maximum atomic E-state index is 12.7. The van der Waals surface area contributed by atoms with Crippen molar-refractivity contribution in [2.45, 2.75) is 6.42 Å². The molecule has 0 atom stereocenters. The van der Waals surface area contributed by atoms with E-state index < -0.39 is 23.9 Å². The second-order valence-corrected chi connectivity index (χ2v) is 7.39. The van der Waals surface area contributed by atoms with Gasteiger partial charge in [-0.25, -0.2) is 19.2 Å². The first-order valence-electron chi connectivity index (χ1n) is 11.1. The molecule has 0 saturated carbocycles. The van der Waals surface area contributed by atoms with Crippen LogP contribution in [0.2, 0.25) is 0 Å². The van der Waals surface area contributed by atoms with Crippen molar-refractivity contribution in [1.82, 2.24) is 0 Å². The highest BCUT2D eigenvalue weighted by Crippen LogP contribution is 2.23. The Labute approximate surface area is 213 Å². The molecule has 0 aromatic heterocycles. The van der Waals surface area contributed by atoms with Crippen LogP contribution in [0.25, 0.3) is 0 Å². The minimum atomic E-state index is -0.739. The van der Waals surface area contributed by atoms with Crippen LogP contribution >= 0.6 is 0 Å². The molecule has 190 valence electrons. The average molecular weight is 504 g/mol. The third-order valence-electron chi connectivity index (χ3n) is 4.85. The van der Waals surface area contributed by atoms with Gasteiger partial charge in [0, 0.05) is 12.5 Å². The van der Waals surface area contributed by atoms with Crippen LogP contribution in [0.15, 0.2) is 85.5 Å². The molecule has 0 radical (unpaired) electrons. The van der Waals surface area contributed by atoms with E-state index in [-0.39, 0.29) is 29.2 Å². The molecule has 9 nitrogen and oxygen atoms in total. The van der Waals surface area contributed by atoms with E-state index in [1.165, 1.54) is 55.6 Å². The van der Waals surface area contributed by atoms with Crippen molar-refractivity contribution in [2.24, 2.45) is 0 Å². The van der Waals surface area contributed by atoms with Crippen molar-refractivity contribution in [3.05, 3.63) is 102 Å². The highest BCUT2D eigenvalue weighted by atomic mass is 16.6. The lowest BCUT2D eigenvalue weighted by molar-refractivity contribution is -0.137. The summed E-state index contributed by atoms with van der Waals surface area (Å²) in [5.41, 5.74) is 0.598. The van der Waals surface area contributed by atoms with Gasteiger partial charge in [0.15, 0.2) is 0 Å². The molecule has 9 heteroatoms. The Balaban J connectivity index is 1.58. The zero-order chi connectivity index (χ0) is 26.6. The summed E-state index contributed by atoms with van der Waals surface area (Å²) in [6, 6.07) is 18.3. The van der Waals surface area contributed by atoms with E-state index >= 15 is 0 Å². The summed E-state index contributed by atoms with van der Waals surface area (Å²) in [6.45, 7) is 3.84. The highest BCUT2D eigenvalue weighted by Gasteiger charge is 2.18. The fraction of sp³-hybridized carbons (Fsp3) is 0.143. The molecule has 0 saturated heterocycles. The number of methoxy groups -OCH3 is 1. The SMILES string of the molecule is C=CC(=O)OCCCOc1ccc(C(=O)Oc2ccccc2C(=O)Oc2ccc(C(=O)OC)cc2)cc1. The number of para-hydroxylation sites is 1. The fourth-order valence-corrected chi connectivity index (χ4v) is 2.99. The minimum Gasteiger partial charge on any atom is -0.493 e. The molecule has 0 fully saturated rings. The van der Waals surface area contributed by atoms with Crippen molar-refractivity contribution < 1.29 is 42.9 Å². The number of rotatable bonds is 11. The van der Waals surface area contributed by atoms with Crippen LogP contribution in [0.4, 0.5) is 0 Å². The van der Waals surface area contributed by atoms with Crippen molar-refractivity contribution in [3.63, 3.8) is 0 Å². The van der Waals surface area contributed by atoms with E-state index in [0.29, 0.717) is 24.3 Å². The number of hydrogen-bond donors (Lipinski definition) is 0. The van der Waals surface area contributed by atoms with Gasteiger partial charge in [-0.15, -0.1) is 0 Å². The third kappa shape index (κ3) is 7.79. The molecule has 0 N–H and O–H groups in total. The van der Waals surface area contributed by atoms with E-state index in [0.717, 1.165) is 6.08 Å². The molecule has 3 aromatic rings. The predicted octanol–water partition coefficient (Wildman–Crippen LogP) is 4.41. The Bertz CT molecular complexity index is 1260. The summed E-state index contributed by atoms with van der Waals surface area (Å²) in [5, 5.41) is 0. The largest absolute Gasteiger partial charge is 0.493 e. The zero-order valence-electron chi connectivity index (χ0n) is 20.0. The third-order valence-corrected chi connectivity index (χ3v) is 4.85. The van der Waals surface area contributed by atoms with Crippen LogP contribution in [-0.2, 0) is 14.3 Å². The second kappa shape index (κ2) is 13.2. The Morgan fingerprint density at radius 1 is 0.730 bits per heavy atom. The standard InChI is InChI=1S/C28H24O9/c1-3-25(29)35-18-6-17-34-21-13-9-20(10-14-21)27(31)37-24-8-5-4-7-23(24)28(32)36-22-15-11-19(12-16-22)26(30)33-2/h3-5,7-16H,1,6,17-18H2,2H3. The van der Waals surface area contributed by atoms with E-state index in [2.05, 4.69) is 11.3 Å². The van der Waals surface area contributed by atoms with Crippen molar-refractivity contribution in [3.8, 4) is 17.2 Å². The topological polar surface area (TPSA) is 114 Å². The molecular weight excluding hydrogens is 480 g/mol. The Morgan fingerprint density at radius 3 is 2.00 bits per heavy atom. The molecule has 3 rings (SSSR count). The number of benzene rings is 3. The summed E-state index contributed by atoms with van der Waals surface area (Å²) >= 11 is 0. The number of carbonyl (C=O) groups excluding carboxylic acids is 4. The van der Waals surface area contributed by atoms with Crippen LogP contribution < -0.4 is 14.2 Å². The Kier molecular flexibility index (Phi) is 9.55. The van der Waals surface area contributed by atoms with E-state index in [1.54, 1.807) is 24.3 Å². The first-order valence-corrected chi connectivity index (χ1v) is 11.1. The van der Waals surface area contributed by atoms with E-state index in [9.17, 15) is 19.2 Å². The van der Waals surface area contributed by atoms with Gasteiger partial charge in [-0.3, -0.25) is 0 Å². The smallest absolute Gasteiger partial charge is 0.347 e. The summed E-state index contributed by atoms with van der Waals surface area (Å²) in [7, 11) is 1.27. The van der Waals surface area contributed by atoms with Gasteiger partial charge in [-0.2, -0.15) is 0 Å². The van der Waals surface area contributed by atoms with Crippen LogP contribution in [0.5, 0.6) is 17.2 Å². The molecular formula is C28H24O9. The molecule has 0 bridgehead atoms. The fourth-order valence-electron chi connectivity index (χ4n) is 2.99.